The summed E-state index contributed by atoms with van der Waals surface area (Å²) in [6, 6.07) is 15.8. The molecule has 2 aromatic heterocycles. The Morgan fingerprint density at radius 1 is 1.08 bits per heavy atom. The van der Waals surface area contributed by atoms with Crippen molar-refractivity contribution in [3.8, 4) is 28.7 Å². The van der Waals surface area contributed by atoms with Crippen LogP contribution in [0.15, 0.2) is 59.3 Å². The van der Waals surface area contributed by atoms with E-state index in [4.69, 9.17) is 9.26 Å². The third-order valence-corrected chi connectivity index (χ3v) is 4.00. The zero-order chi connectivity index (χ0) is 17.9. The minimum absolute atomic E-state index is 0.380. The highest BCUT2D eigenvalue weighted by atomic mass is 16.5. The number of rotatable bonds is 5. The topological polar surface area (TPSA) is 78.9 Å². The predicted octanol–water partition coefficient (Wildman–Crippen LogP) is 3.36. The molecule has 0 spiro atoms. The molecule has 4 aromatic rings. The molecule has 0 saturated carbocycles. The van der Waals surface area contributed by atoms with Crippen LogP contribution in [0.4, 0.5) is 0 Å². The molecule has 0 saturated heterocycles. The van der Waals surface area contributed by atoms with Gasteiger partial charge < -0.3 is 9.26 Å². The molecular weight excluding hydrogens is 330 g/mol. The van der Waals surface area contributed by atoms with Gasteiger partial charge in [-0.25, -0.2) is 4.68 Å². The van der Waals surface area contributed by atoms with Crippen molar-refractivity contribution in [3.63, 3.8) is 0 Å². The van der Waals surface area contributed by atoms with E-state index in [-0.39, 0.29) is 0 Å². The van der Waals surface area contributed by atoms with Crippen molar-refractivity contribution in [1.29, 1.82) is 0 Å². The number of hydrogen-bond donors (Lipinski definition) is 0. The first-order chi connectivity index (χ1) is 12.7. The van der Waals surface area contributed by atoms with Gasteiger partial charge in [0.05, 0.1) is 25.4 Å². The number of hydrogen-bond acceptors (Lipinski definition) is 6. The Bertz CT molecular complexity index is 1020. The molecule has 7 heteroatoms. The third-order valence-electron chi connectivity index (χ3n) is 4.00. The SMILES string of the molecule is COc1ccccc1-c1nc(-c2cn(Cc3ccc(C)cc3)nn2)no1. The number of benzene rings is 2. The van der Waals surface area contributed by atoms with E-state index in [0.29, 0.717) is 29.7 Å². The van der Waals surface area contributed by atoms with Gasteiger partial charge in [0.2, 0.25) is 5.82 Å². The van der Waals surface area contributed by atoms with Crippen molar-refractivity contribution >= 4 is 0 Å². The zero-order valence-electron chi connectivity index (χ0n) is 14.5. The number of aromatic nitrogens is 5. The predicted molar refractivity (Wildman–Crippen MR) is 95.6 cm³/mol. The fourth-order valence-corrected chi connectivity index (χ4v) is 2.62. The van der Waals surface area contributed by atoms with Crippen LogP contribution in [0.3, 0.4) is 0 Å². The Balaban J connectivity index is 1.57. The van der Waals surface area contributed by atoms with Gasteiger partial charge in [0.1, 0.15) is 5.75 Å². The third kappa shape index (κ3) is 3.19. The summed E-state index contributed by atoms with van der Waals surface area (Å²) in [5.41, 5.74) is 3.67. The maximum atomic E-state index is 5.37. The molecule has 0 bridgehead atoms. The van der Waals surface area contributed by atoms with Crippen LogP contribution in [0.25, 0.3) is 23.0 Å². The largest absolute Gasteiger partial charge is 0.496 e. The van der Waals surface area contributed by atoms with Crippen LogP contribution in [-0.4, -0.2) is 32.2 Å². The van der Waals surface area contributed by atoms with E-state index in [1.165, 1.54) is 5.56 Å². The van der Waals surface area contributed by atoms with Gasteiger partial charge in [0.15, 0.2) is 5.69 Å². The van der Waals surface area contributed by atoms with Crippen molar-refractivity contribution in [2.75, 3.05) is 7.11 Å². The van der Waals surface area contributed by atoms with Crippen LogP contribution < -0.4 is 4.74 Å². The van der Waals surface area contributed by atoms with Crippen LogP contribution in [0.2, 0.25) is 0 Å². The molecule has 0 N–H and O–H groups in total. The van der Waals surface area contributed by atoms with E-state index in [9.17, 15) is 0 Å². The minimum atomic E-state index is 0.380. The lowest BCUT2D eigenvalue weighted by Gasteiger charge is -2.02. The lowest BCUT2D eigenvalue weighted by Crippen LogP contribution is -2.00. The molecule has 0 atom stereocenters. The van der Waals surface area contributed by atoms with Crippen LogP contribution in [0.1, 0.15) is 11.1 Å². The highest BCUT2D eigenvalue weighted by Gasteiger charge is 2.16. The summed E-state index contributed by atoms with van der Waals surface area (Å²) in [7, 11) is 1.60. The Labute approximate surface area is 150 Å². The molecule has 7 nitrogen and oxygen atoms in total. The fourth-order valence-electron chi connectivity index (χ4n) is 2.62. The van der Waals surface area contributed by atoms with E-state index in [1.54, 1.807) is 18.0 Å². The van der Waals surface area contributed by atoms with Crippen molar-refractivity contribution in [2.45, 2.75) is 13.5 Å². The second-order valence-corrected chi connectivity index (χ2v) is 5.91. The summed E-state index contributed by atoms with van der Waals surface area (Å²) in [5, 5.41) is 12.3. The average molecular weight is 347 g/mol. The number of ether oxygens (including phenoxy) is 1. The Morgan fingerprint density at radius 2 is 1.88 bits per heavy atom. The normalized spacial score (nSPS) is 10.8. The second-order valence-electron chi connectivity index (χ2n) is 5.91. The molecule has 0 aliphatic heterocycles. The highest BCUT2D eigenvalue weighted by molar-refractivity contribution is 5.64. The molecule has 26 heavy (non-hydrogen) atoms. The van der Waals surface area contributed by atoms with Gasteiger partial charge in [0, 0.05) is 0 Å². The molecule has 4 rings (SSSR count). The molecule has 0 aliphatic rings. The molecular formula is C19H17N5O2. The molecule has 0 radical (unpaired) electrons. The highest BCUT2D eigenvalue weighted by Crippen LogP contribution is 2.29. The van der Waals surface area contributed by atoms with Crippen molar-refractivity contribution in [2.24, 2.45) is 0 Å². The van der Waals surface area contributed by atoms with Crippen LogP contribution in [-0.2, 0) is 6.54 Å². The second kappa shape index (κ2) is 6.79. The summed E-state index contributed by atoms with van der Waals surface area (Å²) < 4.78 is 12.5. The number of aryl methyl sites for hydroxylation is 1. The van der Waals surface area contributed by atoms with Gasteiger partial charge in [-0.15, -0.1) is 5.10 Å². The Morgan fingerprint density at radius 3 is 2.69 bits per heavy atom. The van der Waals surface area contributed by atoms with E-state index < -0.39 is 0 Å². The lowest BCUT2D eigenvalue weighted by molar-refractivity contribution is 0.405. The first-order valence-electron chi connectivity index (χ1n) is 8.16. The molecule has 0 unspecified atom stereocenters. The van der Waals surface area contributed by atoms with Gasteiger partial charge in [-0.2, -0.15) is 4.98 Å². The minimum Gasteiger partial charge on any atom is -0.496 e. The average Bonchev–Trinajstić information content (AvgIpc) is 3.33. The molecule has 0 aliphatic carbocycles. The quantitative estimate of drug-likeness (QED) is 0.551. The van der Waals surface area contributed by atoms with Gasteiger partial charge in [-0.3, -0.25) is 0 Å². The lowest BCUT2D eigenvalue weighted by atomic mass is 10.1. The van der Waals surface area contributed by atoms with Crippen LogP contribution in [0, 0.1) is 6.92 Å². The van der Waals surface area contributed by atoms with Crippen molar-refractivity contribution in [3.05, 3.63) is 65.9 Å². The van der Waals surface area contributed by atoms with Gasteiger partial charge in [-0.1, -0.05) is 52.3 Å². The van der Waals surface area contributed by atoms with Crippen molar-refractivity contribution in [1.82, 2.24) is 25.1 Å². The van der Waals surface area contributed by atoms with E-state index in [1.807, 2.05) is 24.3 Å². The van der Waals surface area contributed by atoms with Crippen LogP contribution >= 0.6 is 0 Å². The van der Waals surface area contributed by atoms with E-state index >= 15 is 0 Å². The first kappa shape index (κ1) is 16.0. The van der Waals surface area contributed by atoms with E-state index in [2.05, 4.69) is 51.6 Å². The smallest absolute Gasteiger partial charge is 0.262 e. The fraction of sp³-hybridized carbons (Fsp3) is 0.158. The first-order valence-corrected chi connectivity index (χ1v) is 8.16. The van der Waals surface area contributed by atoms with Crippen LogP contribution in [0.5, 0.6) is 5.75 Å². The molecule has 130 valence electrons. The van der Waals surface area contributed by atoms with Gasteiger partial charge in [0.25, 0.3) is 5.89 Å². The molecule has 0 amide bonds. The van der Waals surface area contributed by atoms with E-state index in [0.717, 1.165) is 11.1 Å². The molecule has 0 fully saturated rings. The number of para-hydroxylation sites is 1. The summed E-state index contributed by atoms with van der Waals surface area (Å²) >= 11 is 0. The summed E-state index contributed by atoms with van der Waals surface area (Å²) in [4.78, 5) is 4.42. The maximum absolute atomic E-state index is 5.37. The standard InChI is InChI=1S/C19H17N5O2/c1-13-7-9-14(10-8-13)11-24-12-16(21-23-24)18-20-19(26-22-18)15-5-3-4-6-17(15)25-2/h3-10,12H,11H2,1-2H3. The Kier molecular flexibility index (Phi) is 4.18. The molecule has 2 heterocycles. The number of methoxy groups -OCH3 is 1. The summed E-state index contributed by atoms with van der Waals surface area (Å²) in [6.45, 7) is 2.69. The number of nitrogens with zero attached hydrogens (tertiary/aromatic N) is 5. The maximum Gasteiger partial charge on any atom is 0.262 e. The van der Waals surface area contributed by atoms with Gasteiger partial charge in [-0.05, 0) is 24.6 Å². The summed E-state index contributed by atoms with van der Waals surface area (Å²) in [5.74, 6) is 1.44. The summed E-state index contributed by atoms with van der Waals surface area (Å²) in [6.07, 6.45) is 1.80. The Hall–Kier alpha value is -3.48. The monoisotopic (exact) mass is 347 g/mol. The van der Waals surface area contributed by atoms with Crippen molar-refractivity contribution < 1.29 is 9.26 Å². The zero-order valence-corrected chi connectivity index (χ0v) is 14.5. The van der Waals surface area contributed by atoms with Gasteiger partial charge >= 0.3 is 0 Å². The molecule has 2 aromatic carbocycles.